The number of rotatable bonds is 3. The first-order valence-corrected chi connectivity index (χ1v) is 5.95. The van der Waals surface area contributed by atoms with Crippen molar-refractivity contribution in [2.75, 3.05) is 0 Å². The first-order chi connectivity index (χ1) is 7.68. The van der Waals surface area contributed by atoms with Crippen molar-refractivity contribution in [1.82, 2.24) is 9.78 Å². The molecule has 1 atom stereocenters. The molecular weight excluding hydrogens is 204 g/mol. The van der Waals surface area contributed by atoms with Gasteiger partial charge in [-0.25, -0.2) is 0 Å². The van der Waals surface area contributed by atoms with Gasteiger partial charge in [-0.2, -0.15) is 5.10 Å². The largest absolute Gasteiger partial charge is 0.481 e. The van der Waals surface area contributed by atoms with E-state index < -0.39 is 11.9 Å². The standard InChI is InChI=1S/C12H18N2O2/c1-9(12(15)16)10-7-13-14(8-10)11-5-3-2-4-6-11/h7-9,11H,2-6H2,1H3,(H,15,16). The molecule has 4 nitrogen and oxygen atoms in total. The van der Waals surface area contributed by atoms with Crippen LogP contribution in [0.1, 0.15) is 56.6 Å². The predicted octanol–water partition coefficient (Wildman–Crippen LogP) is 2.58. The molecule has 1 unspecified atom stereocenters. The van der Waals surface area contributed by atoms with Gasteiger partial charge in [0.25, 0.3) is 0 Å². The monoisotopic (exact) mass is 222 g/mol. The summed E-state index contributed by atoms with van der Waals surface area (Å²) in [6, 6.07) is 0.475. The van der Waals surface area contributed by atoms with Crippen molar-refractivity contribution in [3.63, 3.8) is 0 Å². The van der Waals surface area contributed by atoms with E-state index in [-0.39, 0.29) is 0 Å². The Morgan fingerprint density at radius 1 is 1.50 bits per heavy atom. The number of hydrogen-bond donors (Lipinski definition) is 1. The average Bonchev–Trinajstić information content (AvgIpc) is 2.78. The Balaban J connectivity index is 2.09. The van der Waals surface area contributed by atoms with Crippen LogP contribution in [-0.4, -0.2) is 20.9 Å². The number of carboxylic acid groups (broad SMARTS) is 1. The van der Waals surface area contributed by atoms with Gasteiger partial charge >= 0.3 is 5.97 Å². The van der Waals surface area contributed by atoms with Gasteiger partial charge in [-0.05, 0) is 19.8 Å². The summed E-state index contributed by atoms with van der Waals surface area (Å²) in [5.74, 6) is -1.25. The number of aromatic nitrogens is 2. The Morgan fingerprint density at radius 3 is 2.81 bits per heavy atom. The Bertz CT molecular complexity index is 367. The van der Waals surface area contributed by atoms with Crippen LogP contribution in [0.4, 0.5) is 0 Å². The van der Waals surface area contributed by atoms with E-state index in [4.69, 9.17) is 5.11 Å². The van der Waals surface area contributed by atoms with Crippen LogP contribution in [0, 0.1) is 0 Å². The number of carboxylic acids is 1. The van der Waals surface area contributed by atoms with Gasteiger partial charge in [0.2, 0.25) is 0 Å². The van der Waals surface area contributed by atoms with E-state index in [2.05, 4.69) is 5.10 Å². The van der Waals surface area contributed by atoms with Crippen molar-refractivity contribution in [3.05, 3.63) is 18.0 Å². The molecule has 1 aliphatic rings. The van der Waals surface area contributed by atoms with Gasteiger partial charge in [-0.1, -0.05) is 19.3 Å². The van der Waals surface area contributed by atoms with E-state index in [1.807, 2.05) is 10.9 Å². The molecule has 1 aromatic rings. The molecule has 1 fully saturated rings. The number of aliphatic carboxylic acids is 1. The summed E-state index contributed by atoms with van der Waals surface area (Å²) in [4.78, 5) is 10.8. The normalized spacial score (nSPS) is 19.6. The summed E-state index contributed by atoms with van der Waals surface area (Å²) in [6.45, 7) is 1.70. The van der Waals surface area contributed by atoms with E-state index >= 15 is 0 Å². The van der Waals surface area contributed by atoms with E-state index in [0.717, 1.165) is 5.56 Å². The Kier molecular flexibility index (Phi) is 3.27. The highest BCUT2D eigenvalue weighted by atomic mass is 16.4. The third-order valence-electron chi connectivity index (χ3n) is 3.44. The van der Waals surface area contributed by atoms with Crippen LogP contribution in [0.15, 0.2) is 12.4 Å². The van der Waals surface area contributed by atoms with Gasteiger partial charge < -0.3 is 5.11 Å². The second-order valence-electron chi connectivity index (χ2n) is 4.61. The van der Waals surface area contributed by atoms with Crippen LogP contribution >= 0.6 is 0 Å². The lowest BCUT2D eigenvalue weighted by Crippen LogP contribution is -2.13. The minimum atomic E-state index is -0.789. The van der Waals surface area contributed by atoms with Crippen molar-refractivity contribution in [2.24, 2.45) is 0 Å². The summed E-state index contributed by atoms with van der Waals surface area (Å²) in [5.41, 5.74) is 0.804. The van der Waals surface area contributed by atoms with E-state index in [9.17, 15) is 4.79 Å². The van der Waals surface area contributed by atoms with Crippen molar-refractivity contribution in [3.8, 4) is 0 Å². The topological polar surface area (TPSA) is 55.1 Å². The molecule has 1 aromatic heterocycles. The lowest BCUT2D eigenvalue weighted by molar-refractivity contribution is -0.138. The van der Waals surface area contributed by atoms with Crippen LogP contribution in [0.3, 0.4) is 0 Å². The summed E-state index contributed by atoms with van der Waals surface area (Å²) in [5, 5.41) is 13.2. The lowest BCUT2D eigenvalue weighted by atomic mass is 9.96. The second kappa shape index (κ2) is 4.68. The first-order valence-electron chi connectivity index (χ1n) is 5.95. The van der Waals surface area contributed by atoms with Crippen molar-refractivity contribution >= 4 is 5.97 Å². The van der Waals surface area contributed by atoms with Gasteiger partial charge in [0.15, 0.2) is 0 Å². The van der Waals surface area contributed by atoms with Gasteiger partial charge in [-0.3, -0.25) is 9.48 Å². The molecule has 1 aliphatic carbocycles. The lowest BCUT2D eigenvalue weighted by Gasteiger charge is -2.21. The Hall–Kier alpha value is -1.32. The van der Waals surface area contributed by atoms with Crippen molar-refractivity contribution < 1.29 is 9.90 Å². The SMILES string of the molecule is CC(C(=O)O)c1cnn(C2CCCCC2)c1. The highest BCUT2D eigenvalue weighted by Gasteiger charge is 2.19. The van der Waals surface area contributed by atoms with Crippen LogP contribution in [0.2, 0.25) is 0 Å². The van der Waals surface area contributed by atoms with Crippen molar-refractivity contribution in [1.29, 1.82) is 0 Å². The van der Waals surface area contributed by atoms with E-state index in [1.54, 1.807) is 13.1 Å². The number of carbonyl (C=O) groups is 1. The molecule has 0 bridgehead atoms. The van der Waals surface area contributed by atoms with Crippen LogP contribution in [0.25, 0.3) is 0 Å². The molecule has 2 rings (SSSR count). The van der Waals surface area contributed by atoms with Crippen molar-refractivity contribution in [2.45, 2.75) is 51.0 Å². The van der Waals surface area contributed by atoms with E-state index in [1.165, 1.54) is 32.1 Å². The molecule has 1 heterocycles. The highest BCUT2D eigenvalue weighted by molar-refractivity contribution is 5.75. The Morgan fingerprint density at radius 2 is 2.19 bits per heavy atom. The summed E-state index contributed by atoms with van der Waals surface area (Å²) in [6.07, 6.45) is 9.76. The molecule has 16 heavy (non-hydrogen) atoms. The molecule has 0 spiro atoms. The van der Waals surface area contributed by atoms with Gasteiger partial charge in [0, 0.05) is 11.8 Å². The molecule has 1 N–H and O–H groups in total. The molecule has 0 aromatic carbocycles. The van der Waals surface area contributed by atoms with Gasteiger partial charge in [0.05, 0.1) is 18.2 Å². The minimum absolute atomic E-state index is 0.461. The molecule has 0 radical (unpaired) electrons. The van der Waals surface area contributed by atoms with Crippen LogP contribution in [0.5, 0.6) is 0 Å². The van der Waals surface area contributed by atoms with Gasteiger partial charge in [-0.15, -0.1) is 0 Å². The highest BCUT2D eigenvalue weighted by Crippen LogP contribution is 2.28. The quantitative estimate of drug-likeness (QED) is 0.855. The van der Waals surface area contributed by atoms with Crippen LogP contribution < -0.4 is 0 Å². The van der Waals surface area contributed by atoms with Crippen LogP contribution in [-0.2, 0) is 4.79 Å². The third-order valence-corrected chi connectivity index (χ3v) is 3.44. The third kappa shape index (κ3) is 2.26. The maximum Gasteiger partial charge on any atom is 0.310 e. The molecule has 0 saturated heterocycles. The number of hydrogen-bond acceptors (Lipinski definition) is 2. The summed E-state index contributed by atoms with van der Waals surface area (Å²) >= 11 is 0. The molecular formula is C12H18N2O2. The first kappa shape index (κ1) is 11.2. The maximum absolute atomic E-state index is 10.8. The summed E-state index contributed by atoms with van der Waals surface area (Å²) < 4.78 is 1.95. The Labute approximate surface area is 95.3 Å². The molecule has 4 heteroatoms. The fourth-order valence-corrected chi connectivity index (χ4v) is 2.26. The predicted molar refractivity (Wildman–Crippen MR) is 60.4 cm³/mol. The molecule has 1 saturated carbocycles. The fourth-order valence-electron chi connectivity index (χ4n) is 2.26. The second-order valence-corrected chi connectivity index (χ2v) is 4.61. The maximum atomic E-state index is 10.8. The number of nitrogens with zero attached hydrogens (tertiary/aromatic N) is 2. The zero-order chi connectivity index (χ0) is 11.5. The fraction of sp³-hybridized carbons (Fsp3) is 0.667. The zero-order valence-corrected chi connectivity index (χ0v) is 9.59. The molecule has 0 amide bonds. The van der Waals surface area contributed by atoms with Gasteiger partial charge in [0.1, 0.15) is 0 Å². The zero-order valence-electron chi connectivity index (χ0n) is 9.59. The minimum Gasteiger partial charge on any atom is -0.481 e. The smallest absolute Gasteiger partial charge is 0.310 e. The molecule has 0 aliphatic heterocycles. The summed E-state index contributed by atoms with van der Waals surface area (Å²) in [7, 11) is 0. The van der Waals surface area contributed by atoms with E-state index in [0.29, 0.717) is 6.04 Å². The average molecular weight is 222 g/mol. The molecule has 88 valence electrons.